The van der Waals surface area contributed by atoms with Crippen LogP contribution in [0.15, 0.2) is 36.0 Å². The van der Waals surface area contributed by atoms with Crippen LogP contribution in [0.4, 0.5) is 10.1 Å². The third-order valence-corrected chi connectivity index (χ3v) is 4.45. The van der Waals surface area contributed by atoms with Gasteiger partial charge in [0.2, 0.25) is 5.91 Å². The highest BCUT2D eigenvalue weighted by Crippen LogP contribution is 2.26. The van der Waals surface area contributed by atoms with E-state index in [-0.39, 0.29) is 10.9 Å². The fourth-order valence-corrected chi connectivity index (χ4v) is 2.94. The van der Waals surface area contributed by atoms with Crippen LogP contribution in [0.5, 0.6) is 0 Å². The second kappa shape index (κ2) is 7.61. The molecule has 2 rings (SSSR count). The molecular formula is C15H16ClFN4OS. The Kier molecular flexibility index (Phi) is 5.79. The van der Waals surface area contributed by atoms with Crippen molar-refractivity contribution in [3.63, 3.8) is 0 Å². The number of hydrogen-bond donors (Lipinski definition) is 1. The van der Waals surface area contributed by atoms with Crippen LogP contribution >= 0.6 is 23.4 Å². The summed E-state index contributed by atoms with van der Waals surface area (Å²) in [6, 6.07) is 3.82. The molecule has 1 heterocycles. The lowest BCUT2D eigenvalue weighted by Crippen LogP contribution is -2.23. The molecule has 0 spiro atoms. The Balaban J connectivity index is 2.07. The highest BCUT2D eigenvalue weighted by Gasteiger charge is 2.19. The second-order valence-electron chi connectivity index (χ2n) is 4.80. The molecule has 1 aromatic heterocycles. The number of thioether (sulfide) groups is 1. The molecule has 0 saturated carbocycles. The van der Waals surface area contributed by atoms with E-state index in [4.69, 9.17) is 11.6 Å². The maximum absolute atomic E-state index is 13.0. The number of nitrogens with zero attached hydrogens (tertiary/aromatic N) is 3. The summed E-state index contributed by atoms with van der Waals surface area (Å²) in [6.07, 6.45) is 1.74. The Morgan fingerprint density at radius 2 is 2.30 bits per heavy atom. The molecule has 0 fully saturated rings. The van der Waals surface area contributed by atoms with Crippen LogP contribution in [0.1, 0.15) is 12.7 Å². The Hall–Kier alpha value is -1.86. The summed E-state index contributed by atoms with van der Waals surface area (Å²) < 4.78 is 14.9. The number of halogens is 2. The zero-order chi connectivity index (χ0) is 17.0. The molecule has 1 N–H and O–H groups in total. The summed E-state index contributed by atoms with van der Waals surface area (Å²) in [4.78, 5) is 12.3. The van der Waals surface area contributed by atoms with Gasteiger partial charge in [-0.15, -0.1) is 16.8 Å². The van der Waals surface area contributed by atoms with Crippen LogP contribution in [0.25, 0.3) is 0 Å². The molecular weight excluding hydrogens is 339 g/mol. The van der Waals surface area contributed by atoms with Crippen molar-refractivity contribution in [1.29, 1.82) is 0 Å². The van der Waals surface area contributed by atoms with Gasteiger partial charge in [-0.3, -0.25) is 4.79 Å². The van der Waals surface area contributed by atoms with Crippen molar-refractivity contribution in [2.24, 2.45) is 0 Å². The van der Waals surface area contributed by atoms with Crippen LogP contribution in [0.3, 0.4) is 0 Å². The van der Waals surface area contributed by atoms with E-state index in [0.717, 1.165) is 11.9 Å². The number of aryl methyl sites for hydroxylation is 1. The van der Waals surface area contributed by atoms with Gasteiger partial charge in [0.1, 0.15) is 11.6 Å². The lowest BCUT2D eigenvalue weighted by molar-refractivity contribution is -0.115. The van der Waals surface area contributed by atoms with E-state index in [0.29, 0.717) is 17.4 Å². The Morgan fingerprint density at radius 1 is 1.57 bits per heavy atom. The number of rotatable bonds is 6. The van der Waals surface area contributed by atoms with Crippen LogP contribution < -0.4 is 5.32 Å². The van der Waals surface area contributed by atoms with Gasteiger partial charge in [-0.1, -0.05) is 29.4 Å². The van der Waals surface area contributed by atoms with Gasteiger partial charge in [0.25, 0.3) is 0 Å². The molecule has 0 aliphatic heterocycles. The van der Waals surface area contributed by atoms with Crippen molar-refractivity contribution in [3.8, 4) is 0 Å². The van der Waals surface area contributed by atoms with Crippen molar-refractivity contribution in [3.05, 3.63) is 47.5 Å². The third-order valence-electron chi connectivity index (χ3n) is 3.05. The van der Waals surface area contributed by atoms with Gasteiger partial charge in [0, 0.05) is 6.54 Å². The molecule has 1 atom stereocenters. The number of carbonyl (C=O) groups excluding carboxylic acids is 1. The molecule has 2 aromatic rings. The highest BCUT2D eigenvalue weighted by molar-refractivity contribution is 8.00. The summed E-state index contributed by atoms with van der Waals surface area (Å²) in [5.74, 6) is 0.0410. The van der Waals surface area contributed by atoms with Crippen LogP contribution in [-0.4, -0.2) is 25.9 Å². The van der Waals surface area contributed by atoms with Gasteiger partial charge in [-0.2, -0.15) is 0 Å². The van der Waals surface area contributed by atoms with Crippen LogP contribution in [-0.2, 0) is 11.3 Å². The number of nitrogens with one attached hydrogen (secondary N) is 1. The summed E-state index contributed by atoms with van der Waals surface area (Å²) in [7, 11) is 0. The second-order valence-corrected chi connectivity index (χ2v) is 6.52. The van der Waals surface area contributed by atoms with Gasteiger partial charge in [0.05, 0.1) is 16.0 Å². The minimum absolute atomic E-state index is 0.154. The van der Waals surface area contributed by atoms with Crippen molar-refractivity contribution < 1.29 is 9.18 Å². The number of allylic oxidation sites excluding steroid dienone is 1. The standard InChI is InChI=1S/C15H16ClFN4OS/c1-4-7-21-10(3)19-20-15(21)23-9(2)14(22)18-13-6-5-11(17)8-12(13)16/h4-6,8-9H,1,7H2,2-3H3,(H,18,22)/t9-/m1/s1. The zero-order valence-corrected chi connectivity index (χ0v) is 14.3. The fourth-order valence-electron chi connectivity index (χ4n) is 1.82. The maximum Gasteiger partial charge on any atom is 0.237 e. The molecule has 1 aromatic carbocycles. The number of benzene rings is 1. The average Bonchev–Trinajstić information content (AvgIpc) is 2.83. The summed E-state index contributed by atoms with van der Waals surface area (Å²) in [5.41, 5.74) is 0.370. The van der Waals surface area contributed by atoms with Crippen molar-refractivity contribution in [2.75, 3.05) is 5.32 Å². The van der Waals surface area contributed by atoms with Gasteiger partial charge < -0.3 is 9.88 Å². The summed E-state index contributed by atoms with van der Waals surface area (Å²) in [5, 5.41) is 11.1. The molecule has 0 saturated heterocycles. The Labute approximate surface area is 142 Å². The first kappa shape index (κ1) is 17.5. The number of aromatic nitrogens is 3. The first-order valence-electron chi connectivity index (χ1n) is 6.85. The van der Waals surface area contributed by atoms with Gasteiger partial charge in [-0.05, 0) is 32.0 Å². The van der Waals surface area contributed by atoms with E-state index in [9.17, 15) is 9.18 Å². The van der Waals surface area contributed by atoms with Crippen LogP contribution in [0, 0.1) is 12.7 Å². The van der Waals surface area contributed by atoms with E-state index in [1.165, 1.54) is 23.9 Å². The zero-order valence-electron chi connectivity index (χ0n) is 12.7. The SMILES string of the molecule is C=CCn1c(C)nnc1S[C@H](C)C(=O)Nc1ccc(F)cc1Cl. The van der Waals surface area contributed by atoms with Crippen LogP contribution in [0.2, 0.25) is 5.02 Å². The summed E-state index contributed by atoms with van der Waals surface area (Å²) in [6.45, 7) is 7.85. The van der Waals surface area contributed by atoms with E-state index in [1.54, 1.807) is 13.0 Å². The Morgan fingerprint density at radius 3 is 2.96 bits per heavy atom. The maximum atomic E-state index is 13.0. The molecule has 5 nitrogen and oxygen atoms in total. The molecule has 0 aliphatic carbocycles. The first-order chi connectivity index (χ1) is 10.9. The molecule has 0 radical (unpaired) electrons. The number of anilines is 1. The van der Waals surface area contributed by atoms with Gasteiger partial charge in [-0.25, -0.2) is 4.39 Å². The highest BCUT2D eigenvalue weighted by atomic mass is 35.5. The third kappa shape index (κ3) is 4.33. The van der Waals surface area contributed by atoms with Gasteiger partial charge in [0.15, 0.2) is 5.16 Å². The first-order valence-corrected chi connectivity index (χ1v) is 8.11. The molecule has 0 bridgehead atoms. The molecule has 1 amide bonds. The average molecular weight is 355 g/mol. The largest absolute Gasteiger partial charge is 0.324 e. The fraction of sp³-hybridized carbons (Fsp3) is 0.267. The quantitative estimate of drug-likeness (QED) is 0.635. The van der Waals surface area contributed by atoms with Crippen molar-refractivity contribution in [1.82, 2.24) is 14.8 Å². The normalized spacial score (nSPS) is 12.0. The monoisotopic (exact) mass is 354 g/mol. The smallest absolute Gasteiger partial charge is 0.237 e. The van der Waals surface area contributed by atoms with E-state index >= 15 is 0 Å². The van der Waals surface area contributed by atoms with Gasteiger partial charge >= 0.3 is 0 Å². The van der Waals surface area contributed by atoms with Crippen molar-refractivity contribution in [2.45, 2.75) is 30.8 Å². The molecule has 23 heavy (non-hydrogen) atoms. The predicted molar refractivity (Wildman–Crippen MR) is 90.3 cm³/mol. The number of amides is 1. The summed E-state index contributed by atoms with van der Waals surface area (Å²) >= 11 is 7.19. The Bertz CT molecular complexity index is 734. The minimum Gasteiger partial charge on any atom is -0.324 e. The predicted octanol–water partition coefficient (Wildman–Crippen LogP) is 3.68. The molecule has 0 unspecified atom stereocenters. The number of hydrogen-bond acceptors (Lipinski definition) is 4. The lowest BCUT2D eigenvalue weighted by Gasteiger charge is -2.13. The molecule has 8 heteroatoms. The van der Waals surface area contributed by atoms with E-state index in [2.05, 4.69) is 22.1 Å². The molecule has 0 aliphatic rings. The number of carbonyl (C=O) groups is 1. The van der Waals surface area contributed by atoms with Crippen molar-refractivity contribution >= 4 is 35.0 Å². The minimum atomic E-state index is -0.455. The molecule has 122 valence electrons. The van der Waals surface area contributed by atoms with E-state index < -0.39 is 11.1 Å². The topological polar surface area (TPSA) is 59.8 Å². The van der Waals surface area contributed by atoms with E-state index in [1.807, 2.05) is 11.5 Å². The lowest BCUT2D eigenvalue weighted by atomic mass is 10.3.